The quantitative estimate of drug-likeness (QED) is 0.668. The second-order valence-electron chi connectivity index (χ2n) is 4.20. The maximum Gasteiger partial charge on any atom is 0.261 e. The van der Waals surface area contributed by atoms with Gasteiger partial charge in [-0.2, -0.15) is 4.98 Å². The van der Waals surface area contributed by atoms with Crippen molar-refractivity contribution in [1.82, 2.24) is 14.5 Å². The summed E-state index contributed by atoms with van der Waals surface area (Å²) < 4.78 is 28.4. The van der Waals surface area contributed by atoms with Crippen molar-refractivity contribution in [2.45, 2.75) is 24.8 Å². The predicted molar refractivity (Wildman–Crippen MR) is 67.9 cm³/mol. The number of alkyl halides is 2. The molecule has 2 heterocycles. The molecule has 2 aromatic rings. The van der Waals surface area contributed by atoms with Gasteiger partial charge in [-0.1, -0.05) is 0 Å². The molecule has 0 aliphatic heterocycles. The van der Waals surface area contributed by atoms with E-state index in [2.05, 4.69) is 9.97 Å². The summed E-state index contributed by atoms with van der Waals surface area (Å²) in [6, 6.07) is 1.76. The molecule has 1 saturated carbocycles. The highest BCUT2D eigenvalue weighted by Gasteiger charge is 2.53. The van der Waals surface area contributed by atoms with Gasteiger partial charge < -0.3 is 10.3 Å². The number of rotatable bonds is 2. The molecule has 7 heteroatoms. The summed E-state index contributed by atoms with van der Waals surface area (Å²) in [6.45, 7) is 0. The zero-order valence-electron chi connectivity index (χ0n) is 8.70. The fourth-order valence-electron chi connectivity index (χ4n) is 2.05. The van der Waals surface area contributed by atoms with Crippen LogP contribution in [0.2, 0.25) is 0 Å². The summed E-state index contributed by atoms with van der Waals surface area (Å²) in [4.78, 5) is 8.09. The number of aromatic nitrogens is 3. The van der Waals surface area contributed by atoms with E-state index in [4.69, 9.17) is 5.73 Å². The number of hydrogen-bond acceptors (Lipinski definition) is 3. The van der Waals surface area contributed by atoms with Crippen LogP contribution in [-0.4, -0.2) is 21.0 Å². The van der Waals surface area contributed by atoms with E-state index in [0.29, 0.717) is 22.2 Å². The second kappa shape index (κ2) is 3.50. The first-order valence-corrected chi connectivity index (χ1v) is 6.21. The third-order valence-corrected chi connectivity index (χ3v) is 3.99. The molecule has 3 rings (SSSR count). The van der Waals surface area contributed by atoms with Gasteiger partial charge in [-0.05, 0) is 41.5 Å². The number of halogens is 3. The summed E-state index contributed by atoms with van der Waals surface area (Å²) in [5, 5.41) is 0.770. The summed E-state index contributed by atoms with van der Waals surface area (Å²) in [7, 11) is 0. The SMILES string of the molecule is Nc1nc(I)c2ccn(C3(C(F)F)CC3)c2n1. The number of hydrogen-bond donors (Lipinski definition) is 1. The van der Waals surface area contributed by atoms with Crippen molar-refractivity contribution in [2.24, 2.45) is 0 Å². The highest BCUT2D eigenvalue weighted by molar-refractivity contribution is 14.1. The van der Waals surface area contributed by atoms with Gasteiger partial charge in [-0.15, -0.1) is 0 Å². The van der Waals surface area contributed by atoms with Gasteiger partial charge in [-0.3, -0.25) is 0 Å². The van der Waals surface area contributed by atoms with Crippen molar-refractivity contribution in [3.63, 3.8) is 0 Å². The topological polar surface area (TPSA) is 56.7 Å². The van der Waals surface area contributed by atoms with E-state index in [-0.39, 0.29) is 5.95 Å². The largest absolute Gasteiger partial charge is 0.368 e. The van der Waals surface area contributed by atoms with Crippen molar-refractivity contribution in [3.05, 3.63) is 16.0 Å². The number of nitrogens with zero attached hydrogens (tertiary/aromatic N) is 3. The Labute approximate surface area is 109 Å². The molecule has 0 saturated heterocycles. The first-order valence-electron chi connectivity index (χ1n) is 5.13. The Morgan fingerprint density at radius 3 is 2.71 bits per heavy atom. The summed E-state index contributed by atoms with van der Waals surface area (Å²) in [5.74, 6) is 0.118. The molecule has 0 bridgehead atoms. The molecule has 0 spiro atoms. The minimum atomic E-state index is -2.38. The number of anilines is 1. The molecule has 4 nitrogen and oxygen atoms in total. The van der Waals surface area contributed by atoms with Gasteiger partial charge in [0.15, 0.2) is 0 Å². The Hall–Kier alpha value is -0.990. The average molecular weight is 350 g/mol. The second-order valence-corrected chi connectivity index (χ2v) is 5.22. The first kappa shape index (κ1) is 11.1. The normalized spacial score (nSPS) is 17.9. The van der Waals surface area contributed by atoms with Crippen molar-refractivity contribution in [2.75, 3.05) is 5.73 Å². The zero-order chi connectivity index (χ0) is 12.2. The Bertz CT molecular complexity index is 591. The van der Waals surface area contributed by atoms with Crippen LogP contribution in [-0.2, 0) is 5.54 Å². The van der Waals surface area contributed by atoms with E-state index in [0.717, 1.165) is 5.39 Å². The number of nitrogen functional groups attached to an aromatic ring is 1. The lowest BCUT2D eigenvalue weighted by atomic mass is 10.3. The van der Waals surface area contributed by atoms with Crippen LogP contribution in [0.3, 0.4) is 0 Å². The molecule has 0 aromatic carbocycles. The lowest BCUT2D eigenvalue weighted by Crippen LogP contribution is -2.25. The Kier molecular flexibility index (Phi) is 2.29. The van der Waals surface area contributed by atoms with Crippen LogP contribution in [0.25, 0.3) is 11.0 Å². The molecule has 17 heavy (non-hydrogen) atoms. The highest BCUT2D eigenvalue weighted by Crippen LogP contribution is 2.49. The van der Waals surface area contributed by atoms with Gasteiger partial charge in [0.2, 0.25) is 5.95 Å². The summed E-state index contributed by atoms with van der Waals surface area (Å²) in [5.41, 5.74) is 4.99. The molecule has 0 radical (unpaired) electrons. The van der Waals surface area contributed by atoms with Crippen molar-refractivity contribution in [1.29, 1.82) is 0 Å². The molecule has 1 fully saturated rings. The molecule has 2 N–H and O–H groups in total. The Balaban J connectivity index is 2.25. The molecular formula is C10H9F2IN4. The van der Waals surface area contributed by atoms with E-state index in [1.165, 1.54) is 0 Å². The van der Waals surface area contributed by atoms with Crippen LogP contribution in [0.15, 0.2) is 12.3 Å². The van der Waals surface area contributed by atoms with Crippen molar-refractivity contribution < 1.29 is 8.78 Å². The van der Waals surface area contributed by atoms with Crippen LogP contribution in [0, 0.1) is 3.70 Å². The lowest BCUT2D eigenvalue weighted by molar-refractivity contribution is 0.0692. The van der Waals surface area contributed by atoms with Gasteiger partial charge in [0.25, 0.3) is 6.43 Å². The molecule has 90 valence electrons. The molecule has 0 atom stereocenters. The van der Waals surface area contributed by atoms with Crippen LogP contribution in [0.1, 0.15) is 12.8 Å². The average Bonchev–Trinajstić information content (AvgIpc) is 2.94. The third kappa shape index (κ3) is 1.51. The van der Waals surface area contributed by atoms with Crippen molar-refractivity contribution in [3.8, 4) is 0 Å². The molecule has 0 amide bonds. The molecule has 2 aromatic heterocycles. The summed E-state index contributed by atoms with van der Waals surface area (Å²) in [6.07, 6.45) is 0.233. The van der Waals surface area contributed by atoms with E-state index < -0.39 is 12.0 Å². The molecule has 1 aliphatic rings. The summed E-state index contributed by atoms with van der Waals surface area (Å²) >= 11 is 2.03. The van der Waals surface area contributed by atoms with Crippen LogP contribution in [0.5, 0.6) is 0 Å². The van der Waals surface area contributed by atoms with Gasteiger partial charge in [0, 0.05) is 6.20 Å². The van der Waals surface area contributed by atoms with Crippen LogP contribution < -0.4 is 5.73 Å². The minimum absolute atomic E-state index is 0.118. The molecule has 1 aliphatic carbocycles. The van der Waals surface area contributed by atoms with Gasteiger partial charge >= 0.3 is 0 Å². The molecular weight excluding hydrogens is 341 g/mol. The Morgan fingerprint density at radius 1 is 1.41 bits per heavy atom. The fraction of sp³-hybridized carbons (Fsp3) is 0.400. The zero-order valence-corrected chi connectivity index (χ0v) is 10.9. The Morgan fingerprint density at radius 2 is 2.12 bits per heavy atom. The van der Waals surface area contributed by atoms with E-state index >= 15 is 0 Å². The highest BCUT2D eigenvalue weighted by atomic mass is 127. The van der Waals surface area contributed by atoms with E-state index in [1.54, 1.807) is 16.8 Å². The van der Waals surface area contributed by atoms with Crippen molar-refractivity contribution >= 4 is 39.6 Å². The number of fused-ring (bicyclic) bond motifs is 1. The van der Waals surface area contributed by atoms with Gasteiger partial charge in [0.05, 0.1) is 5.39 Å². The van der Waals surface area contributed by atoms with Gasteiger partial charge in [0.1, 0.15) is 14.9 Å². The standard InChI is InChI=1S/C10H9F2IN4/c11-8(12)10(2-3-10)17-4-1-5-6(13)15-9(14)16-7(5)17/h1,4,8H,2-3H2,(H2,14,15,16). The first-order chi connectivity index (χ1) is 8.04. The lowest BCUT2D eigenvalue weighted by Gasteiger charge is -2.17. The minimum Gasteiger partial charge on any atom is -0.368 e. The number of nitrogens with two attached hydrogens (primary N) is 1. The van der Waals surface area contributed by atoms with Crippen LogP contribution in [0.4, 0.5) is 14.7 Å². The third-order valence-electron chi connectivity index (χ3n) is 3.16. The monoisotopic (exact) mass is 350 g/mol. The fourth-order valence-corrected chi connectivity index (χ4v) is 2.71. The van der Waals surface area contributed by atoms with Crippen LogP contribution >= 0.6 is 22.6 Å². The smallest absolute Gasteiger partial charge is 0.261 e. The van der Waals surface area contributed by atoms with E-state index in [9.17, 15) is 8.78 Å². The predicted octanol–water partition coefficient (Wildman–Crippen LogP) is 2.37. The van der Waals surface area contributed by atoms with E-state index in [1.807, 2.05) is 22.6 Å². The van der Waals surface area contributed by atoms with Gasteiger partial charge in [-0.25, -0.2) is 13.8 Å². The maximum atomic E-state index is 13.1. The maximum absolute atomic E-state index is 13.1. The molecule has 0 unspecified atom stereocenters.